The Morgan fingerprint density at radius 1 is 1.12 bits per heavy atom. The van der Waals surface area contributed by atoms with E-state index in [0.29, 0.717) is 44.7 Å². The van der Waals surface area contributed by atoms with Crippen molar-refractivity contribution >= 4 is 35.1 Å². The fraction of sp³-hybridized carbons (Fsp3) is 0.182. The van der Waals surface area contributed by atoms with E-state index >= 15 is 0 Å². The number of nitrogens with two attached hydrogens (primary N) is 2. The predicted octanol–water partition coefficient (Wildman–Crippen LogP) is 3.62. The lowest BCUT2D eigenvalue weighted by Gasteiger charge is -2.36. The third-order valence-corrected chi connectivity index (χ3v) is 6.26. The molecule has 32 heavy (non-hydrogen) atoms. The van der Waals surface area contributed by atoms with E-state index in [-0.39, 0.29) is 12.1 Å². The third-order valence-electron chi connectivity index (χ3n) is 5.52. The first-order valence-electron chi connectivity index (χ1n) is 9.65. The van der Waals surface area contributed by atoms with Gasteiger partial charge in [-0.2, -0.15) is 10.4 Å². The highest BCUT2D eigenvalue weighted by Gasteiger charge is 2.38. The first kappa shape index (κ1) is 21.7. The minimum Gasteiger partial charge on any atom is -0.365 e. The van der Waals surface area contributed by atoms with Gasteiger partial charge in [0.05, 0.1) is 39.5 Å². The summed E-state index contributed by atoms with van der Waals surface area (Å²) >= 11 is 12.2. The average Bonchev–Trinajstić information content (AvgIpc) is 3.14. The van der Waals surface area contributed by atoms with Crippen LogP contribution < -0.4 is 11.5 Å². The second-order valence-electron chi connectivity index (χ2n) is 7.45. The van der Waals surface area contributed by atoms with E-state index in [2.05, 4.69) is 11.2 Å². The SMILES string of the molecule is Cc1cc(C2c3c(C(N)=O)c(-c4ccc(Cl)c(Cl)c4)nn3CCN2C(N)=O)ccc1C#N. The lowest BCUT2D eigenvalue weighted by molar-refractivity contribution is 0.0995. The molecule has 10 heteroatoms. The van der Waals surface area contributed by atoms with E-state index in [1.807, 2.05) is 0 Å². The topological polar surface area (TPSA) is 131 Å². The minimum atomic E-state index is -0.709. The Kier molecular flexibility index (Phi) is 5.55. The van der Waals surface area contributed by atoms with E-state index in [4.69, 9.17) is 34.7 Å². The molecular formula is C22H18Cl2N6O2. The first-order valence-corrected chi connectivity index (χ1v) is 10.4. The van der Waals surface area contributed by atoms with Gasteiger partial charge in [-0.1, -0.05) is 41.4 Å². The molecule has 1 atom stereocenters. The van der Waals surface area contributed by atoms with E-state index in [1.54, 1.807) is 48.0 Å². The second kappa shape index (κ2) is 8.19. The van der Waals surface area contributed by atoms with Crippen LogP contribution in [0.25, 0.3) is 11.3 Å². The highest BCUT2D eigenvalue weighted by Crippen LogP contribution is 2.39. The number of carbonyl (C=O) groups excluding carboxylic acids is 2. The molecule has 2 aromatic carbocycles. The van der Waals surface area contributed by atoms with Crippen molar-refractivity contribution in [2.75, 3.05) is 6.54 Å². The maximum Gasteiger partial charge on any atom is 0.315 e. The Morgan fingerprint density at radius 3 is 2.47 bits per heavy atom. The lowest BCUT2D eigenvalue weighted by Crippen LogP contribution is -2.46. The number of carbonyl (C=O) groups is 2. The maximum absolute atomic E-state index is 12.6. The normalized spacial score (nSPS) is 15.2. The molecule has 1 aliphatic heterocycles. The number of primary amides is 2. The molecule has 1 aliphatic rings. The van der Waals surface area contributed by atoms with Crippen LogP contribution >= 0.6 is 23.2 Å². The van der Waals surface area contributed by atoms with Gasteiger partial charge in [0.1, 0.15) is 11.7 Å². The quantitative estimate of drug-likeness (QED) is 0.607. The molecule has 8 nitrogen and oxygen atoms in total. The zero-order valence-corrected chi connectivity index (χ0v) is 18.5. The number of urea groups is 1. The fourth-order valence-electron chi connectivity index (χ4n) is 4.05. The monoisotopic (exact) mass is 468 g/mol. The van der Waals surface area contributed by atoms with Crippen LogP contribution in [0.4, 0.5) is 4.79 Å². The van der Waals surface area contributed by atoms with Gasteiger partial charge in [0.25, 0.3) is 5.91 Å². The maximum atomic E-state index is 12.6. The van der Waals surface area contributed by atoms with Crippen molar-refractivity contribution in [2.24, 2.45) is 11.5 Å². The zero-order valence-electron chi connectivity index (χ0n) is 17.0. The largest absolute Gasteiger partial charge is 0.365 e. The number of nitrogens with zero attached hydrogens (tertiary/aromatic N) is 4. The second-order valence-corrected chi connectivity index (χ2v) is 8.26. The molecule has 0 bridgehead atoms. The van der Waals surface area contributed by atoms with Crippen molar-refractivity contribution in [1.29, 1.82) is 5.26 Å². The van der Waals surface area contributed by atoms with Gasteiger partial charge in [-0.15, -0.1) is 0 Å². The highest BCUT2D eigenvalue weighted by molar-refractivity contribution is 6.42. The minimum absolute atomic E-state index is 0.168. The van der Waals surface area contributed by atoms with Gasteiger partial charge < -0.3 is 16.4 Å². The number of hydrogen-bond donors (Lipinski definition) is 2. The predicted molar refractivity (Wildman–Crippen MR) is 120 cm³/mol. The summed E-state index contributed by atoms with van der Waals surface area (Å²) in [6, 6.07) is 10.9. The molecular weight excluding hydrogens is 451 g/mol. The van der Waals surface area contributed by atoms with Gasteiger partial charge in [0, 0.05) is 12.1 Å². The Labute approximate surface area is 193 Å². The lowest BCUT2D eigenvalue weighted by atomic mass is 9.92. The van der Waals surface area contributed by atoms with Crippen molar-refractivity contribution in [1.82, 2.24) is 14.7 Å². The first-order chi connectivity index (χ1) is 15.2. The van der Waals surface area contributed by atoms with Crippen LogP contribution in [0.1, 0.15) is 38.8 Å². The molecule has 1 unspecified atom stereocenters. The summed E-state index contributed by atoms with van der Waals surface area (Å²) in [5.41, 5.74) is 14.9. The van der Waals surface area contributed by atoms with Gasteiger partial charge in [-0.05, 0) is 36.2 Å². The van der Waals surface area contributed by atoms with Crippen LogP contribution in [0.15, 0.2) is 36.4 Å². The number of amides is 3. The number of fused-ring (bicyclic) bond motifs is 1. The summed E-state index contributed by atoms with van der Waals surface area (Å²) in [4.78, 5) is 26.4. The zero-order chi connectivity index (χ0) is 23.2. The summed E-state index contributed by atoms with van der Waals surface area (Å²) in [5.74, 6) is -0.700. The number of aryl methyl sites for hydroxylation is 1. The molecule has 1 aromatic heterocycles. The van der Waals surface area contributed by atoms with Crippen LogP contribution in [0.2, 0.25) is 10.0 Å². The van der Waals surface area contributed by atoms with Crippen molar-refractivity contribution in [2.45, 2.75) is 19.5 Å². The number of rotatable bonds is 3. The number of hydrogen-bond acceptors (Lipinski definition) is 4. The molecule has 3 aromatic rings. The Balaban J connectivity index is 1.98. The molecule has 3 amide bonds. The van der Waals surface area contributed by atoms with Gasteiger partial charge in [-0.3, -0.25) is 9.48 Å². The molecule has 0 saturated carbocycles. The summed E-state index contributed by atoms with van der Waals surface area (Å²) in [7, 11) is 0. The molecule has 0 radical (unpaired) electrons. The van der Waals surface area contributed by atoms with Gasteiger partial charge in [0.2, 0.25) is 0 Å². The van der Waals surface area contributed by atoms with E-state index < -0.39 is 18.0 Å². The summed E-state index contributed by atoms with van der Waals surface area (Å²) in [5, 5.41) is 14.6. The Morgan fingerprint density at radius 2 is 1.88 bits per heavy atom. The van der Waals surface area contributed by atoms with Crippen molar-refractivity contribution in [3.8, 4) is 17.3 Å². The molecule has 4 rings (SSSR count). The summed E-state index contributed by atoms with van der Waals surface area (Å²) in [6.07, 6.45) is 0. The van der Waals surface area contributed by atoms with Crippen LogP contribution in [0.5, 0.6) is 0 Å². The van der Waals surface area contributed by atoms with Crippen LogP contribution in [-0.2, 0) is 6.54 Å². The van der Waals surface area contributed by atoms with Crippen molar-refractivity contribution in [3.63, 3.8) is 0 Å². The van der Waals surface area contributed by atoms with Crippen LogP contribution in [0, 0.1) is 18.3 Å². The van der Waals surface area contributed by atoms with Gasteiger partial charge in [0.15, 0.2) is 0 Å². The standard InChI is InChI=1S/C22H18Cl2N6O2/c1-11-8-13(2-3-14(11)10-25)19-20-17(21(26)31)18(12-4-5-15(23)16(24)9-12)28-30(20)7-6-29(19)22(27)32/h2-5,8-9,19H,6-7H2,1H3,(H2,26,31)(H2,27,32). The summed E-state index contributed by atoms with van der Waals surface area (Å²) < 4.78 is 1.66. The van der Waals surface area contributed by atoms with Crippen LogP contribution in [0.3, 0.4) is 0 Å². The van der Waals surface area contributed by atoms with Crippen molar-refractivity contribution in [3.05, 3.63) is 74.4 Å². The number of benzene rings is 2. The molecule has 0 aliphatic carbocycles. The van der Waals surface area contributed by atoms with Crippen LogP contribution in [-0.4, -0.2) is 33.2 Å². The van der Waals surface area contributed by atoms with E-state index in [9.17, 15) is 14.9 Å². The summed E-state index contributed by atoms with van der Waals surface area (Å²) in [6.45, 7) is 2.41. The molecule has 162 valence electrons. The molecule has 2 heterocycles. The van der Waals surface area contributed by atoms with E-state index in [0.717, 1.165) is 5.56 Å². The highest BCUT2D eigenvalue weighted by atomic mass is 35.5. The fourth-order valence-corrected chi connectivity index (χ4v) is 4.35. The van der Waals surface area contributed by atoms with Crippen molar-refractivity contribution < 1.29 is 9.59 Å². The van der Waals surface area contributed by atoms with E-state index in [1.165, 1.54) is 4.90 Å². The Bertz CT molecular complexity index is 1310. The average molecular weight is 469 g/mol. The molecule has 4 N–H and O–H groups in total. The van der Waals surface area contributed by atoms with Gasteiger partial charge >= 0.3 is 6.03 Å². The molecule has 0 fully saturated rings. The Hall–Kier alpha value is -3.54. The number of nitriles is 1. The third kappa shape index (κ3) is 3.55. The molecule has 0 saturated heterocycles. The number of halogens is 2. The smallest absolute Gasteiger partial charge is 0.315 e. The van der Waals surface area contributed by atoms with Gasteiger partial charge in [-0.25, -0.2) is 4.79 Å². The number of aromatic nitrogens is 2. The molecule has 0 spiro atoms.